The molecule has 0 saturated carbocycles. The Kier molecular flexibility index (Phi) is 5.05. The predicted molar refractivity (Wildman–Crippen MR) is 92.9 cm³/mol. The van der Waals surface area contributed by atoms with Crippen molar-refractivity contribution < 1.29 is 30.9 Å². The first kappa shape index (κ1) is 19.8. The van der Waals surface area contributed by atoms with Gasteiger partial charge in [0.15, 0.2) is 0 Å². The number of hydrogen-bond acceptors (Lipinski definition) is 7. The van der Waals surface area contributed by atoms with Gasteiger partial charge in [0, 0.05) is 24.3 Å². The average Bonchev–Trinajstić information content (AvgIpc) is 2.51. The number of allylic oxidation sites excluding steroid dienone is 4. The van der Waals surface area contributed by atoms with Crippen LogP contribution in [0.2, 0.25) is 0 Å². The van der Waals surface area contributed by atoms with Gasteiger partial charge in [-0.05, 0) is 29.3 Å². The first-order valence-corrected chi connectivity index (χ1v) is 9.80. The monoisotopic (exact) mass is 402 g/mol. The molecule has 0 radical (unpaired) electrons. The zero-order valence-electron chi connectivity index (χ0n) is 13.0. The van der Waals surface area contributed by atoms with E-state index in [4.69, 9.17) is 5.73 Å². The van der Waals surface area contributed by atoms with E-state index in [1.807, 2.05) is 0 Å². The Balaban J connectivity index is 2.55. The summed E-state index contributed by atoms with van der Waals surface area (Å²) in [6, 6.07) is 5.10. The van der Waals surface area contributed by atoms with E-state index in [1.165, 1.54) is 36.4 Å². The molecule has 140 valence electrons. The predicted octanol–water partition coefficient (Wildman–Crippen LogP) is 1.25. The van der Waals surface area contributed by atoms with Crippen LogP contribution < -0.4 is 5.73 Å². The van der Waals surface area contributed by atoms with Crippen molar-refractivity contribution in [2.45, 2.75) is 10.5 Å². The van der Waals surface area contributed by atoms with E-state index >= 15 is 0 Å². The summed E-state index contributed by atoms with van der Waals surface area (Å²) >= 11 is 0. The molecule has 0 spiro atoms. The molecule has 12 heteroatoms. The number of nitro groups is 1. The molecule has 1 aromatic carbocycles. The second kappa shape index (κ2) is 6.64. The van der Waals surface area contributed by atoms with Crippen LogP contribution in [0.5, 0.6) is 0 Å². The van der Waals surface area contributed by atoms with Crippen LogP contribution in [0.3, 0.4) is 0 Å². The molecule has 26 heavy (non-hydrogen) atoms. The van der Waals surface area contributed by atoms with Crippen LogP contribution in [-0.2, 0) is 20.2 Å². The number of nitro benzene ring substituents is 1. The van der Waals surface area contributed by atoms with E-state index in [-0.39, 0.29) is 11.4 Å². The minimum atomic E-state index is -5.32. The molecule has 0 amide bonds. The Hall–Kier alpha value is -2.54. The molecule has 0 atom stereocenters. The maximum absolute atomic E-state index is 11.8. The summed E-state index contributed by atoms with van der Waals surface area (Å²) < 4.78 is 63.3. The third-order valence-corrected chi connectivity index (χ3v) is 7.44. The highest BCUT2D eigenvalue weighted by molar-refractivity contribution is 8.05. The number of rotatable bonds is 5. The average molecular weight is 402 g/mol. The van der Waals surface area contributed by atoms with Gasteiger partial charge in [-0.25, -0.2) is 0 Å². The van der Waals surface area contributed by atoms with Crippen LogP contribution in [0.4, 0.5) is 5.69 Å². The zero-order chi connectivity index (χ0) is 19.8. The van der Waals surface area contributed by atoms with Gasteiger partial charge in [0.1, 0.15) is 0 Å². The van der Waals surface area contributed by atoms with Gasteiger partial charge in [-0.1, -0.05) is 18.2 Å². The summed E-state index contributed by atoms with van der Waals surface area (Å²) in [5, 5.41) is 10.6. The standard InChI is InChI=1S/C14H14N2O8S2/c15-12-6-5-11(14(9-12,25(19,20)21)26(22,23)24)4-1-10-2-7-13(8-3-10)16(17)18/h1-8H,9,15H2,(H,19,20,21)(H,22,23,24). The molecule has 1 aliphatic carbocycles. The number of hydrogen-bond donors (Lipinski definition) is 3. The molecule has 0 aromatic heterocycles. The molecule has 2 rings (SSSR count). The third kappa shape index (κ3) is 3.53. The van der Waals surface area contributed by atoms with Gasteiger partial charge in [0.05, 0.1) is 4.92 Å². The largest absolute Gasteiger partial charge is 0.402 e. The zero-order valence-corrected chi connectivity index (χ0v) is 14.6. The molecule has 0 bridgehead atoms. The number of nitrogens with zero attached hydrogens (tertiary/aromatic N) is 1. The quantitative estimate of drug-likeness (QED) is 0.371. The Morgan fingerprint density at radius 2 is 1.58 bits per heavy atom. The second-order valence-electron chi connectivity index (χ2n) is 5.43. The molecule has 0 heterocycles. The maximum Gasteiger partial charge on any atom is 0.292 e. The van der Waals surface area contributed by atoms with Crippen molar-refractivity contribution in [1.29, 1.82) is 0 Å². The fourth-order valence-corrected chi connectivity index (χ4v) is 5.07. The lowest BCUT2D eigenvalue weighted by Crippen LogP contribution is -2.49. The molecule has 0 saturated heterocycles. The van der Waals surface area contributed by atoms with Gasteiger partial charge in [0.2, 0.25) is 0 Å². The van der Waals surface area contributed by atoms with Crippen molar-refractivity contribution in [3.05, 3.63) is 69.4 Å². The molecule has 10 nitrogen and oxygen atoms in total. The van der Waals surface area contributed by atoms with E-state index in [0.717, 1.165) is 12.2 Å². The number of benzene rings is 1. The molecule has 0 aliphatic heterocycles. The van der Waals surface area contributed by atoms with Gasteiger partial charge in [-0.2, -0.15) is 16.8 Å². The Morgan fingerprint density at radius 3 is 2.04 bits per heavy atom. The van der Waals surface area contributed by atoms with Crippen molar-refractivity contribution in [2.24, 2.45) is 5.73 Å². The van der Waals surface area contributed by atoms with Crippen LogP contribution in [0.15, 0.2) is 53.8 Å². The van der Waals surface area contributed by atoms with E-state index < -0.39 is 41.2 Å². The maximum atomic E-state index is 11.8. The normalized spacial score (nSPS) is 17.6. The van der Waals surface area contributed by atoms with Crippen molar-refractivity contribution >= 4 is 32.0 Å². The van der Waals surface area contributed by atoms with Crippen LogP contribution in [0.1, 0.15) is 12.0 Å². The summed E-state index contributed by atoms with van der Waals surface area (Å²) in [7, 11) is -10.6. The Morgan fingerprint density at radius 1 is 1.04 bits per heavy atom. The smallest absolute Gasteiger partial charge is 0.292 e. The highest BCUT2D eigenvalue weighted by atomic mass is 32.3. The second-order valence-corrected chi connectivity index (χ2v) is 8.98. The number of nitrogens with two attached hydrogens (primary N) is 1. The van der Waals surface area contributed by atoms with Crippen LogP contribution in [0, 0.1) is 10.1 Å². The SMILES string of the molecule is NC1=CC=C(C=Cc2ccc([N+](=O)[O-])cc2)C(S(=O)(=O)O)(S(=O)(=O)O)C1. The van der Waals surface area contributed by atoms with Gasteiger partial charge in [-0.15, -0.1) is 0 Å². The molecule has 0 unspecified atom stereocenters. The van der Waals surface area contributed by atoms with E-state index in [1.54, 1.807) is 0 Å². The minimum absolute atomic E-state index is 0.167. The van der Waals surface area contributed by atoms with Crippen LogP contribution in [0.25, 0.3) is 6.08 Å². The van der Waals surface area contributed by atoms with Crippen molar-refractivity contribution in [2.75, 3.05) is 0 Å². The van der Waals surface area contributed by atoms with Gasteiger partial charge in [0.25, 0.3) is 30.0 Å². The van der Waals surface area contributed by atoms with Gasteiger partial charge < -0.3 is 5.73 Å². The van der Waals surface area contributed by atoms with E-state index in [0.29, 0.717) is 5.56 Å². The molecule has 1 aromatic rings. The van der Waals surface area contributed by atoms with Crippen molar-refractivity contribution in [3.63, 3.8) is 0 Å². The summed E-state index contributed by atoms with van der Waals surface area (Å²) in [4.78, 5) is 10.0. The van der Waals surface area contributed by atoms with Crippen LogP contribution in [-0.4, -0.2) is 34.9 Å². The summed E-state index contributed by atoms with van der Waals surface area (Å²) in [5.74, 6) is 0. The van der Waals surface area contributed by atoms with E-state index in [9.17, 15) is 36.1 Å². The third-order valence-electron chi connectivity index (χ3n) is 3.75. The van der Waals surface area contributed by atoms with Gasteiger partial charge in [-0.3, -0.25) is 19.2 Å². The molecular weight excluding hydrogens is 388 g/mol. The fourth-order valence-electron chi connectivity index (χ4n) is 2.44. The number of non-ortho nitro benzene ring substituents is 1. The first-order chi connectivity index (χ1) is 11.9. The van der Waals surface area contributed by atoms with Crippen molar-refractivity contribution in [1.82, 2.24) is 0 Å². The van der Waals surface area contributed by atoms with Crippen molar-refractivity contribution in [3.8, 4) is 0 Å². The highest BCUT2D eigenvalue weighted by Gasteiger charge is 2.57. The molecule has 0 fully saturated rings. The Labute approximate surface area is 149 Å². The summed E-state index contributed by atoms with van der Waals surface area (Å²) in [6.07, 6.45) is 3.76. The lowest BCUT2D eigenvalue weighted by atomic mass is 10.00. The lowest BCUT2D eigenvalue weighted by molar-refractivity contribution is -0.384. The van der Waals surface area contributed by atoms with E-state index in [2.05, 4.69) is 0 Å². The topological polar surface area (TPSA) is 178 Å². The first-order valence-electron chi connectivity index (χ1n) is 6.92. The molecular formula is C14H14N2O8S2. The Bertz CT molecular complexity index is 1000. The molecule has 4 N–H and O–H groups in total. The van der Waals surface area contributed by atoms with Gasteiger partial charge >= 0.3 is 0 Å². The highest BCUT2D eigenvalue weighted by Crippen LogP contribution is 2.40. The minimum Gasteiger partial charge on any atom is -0.402 e. The fraction of sp³-hybridized carbons (Fsp3) is 0.143. The molecule has 1 aliphatic rings. The summed E-state index contributed by atoms with van der Waals surface area (Å²) in [5.41, 5.74) is 5.11. The summed E-state index contributed by atoms with van der Waals surface area (Å²) in [6.45, 7) is 0. The lowest BCUT2D eigenvalue weighted by Gasteiger charge is -2.30. The van der Waals surface area contributed by atoms with Crippen LogP contribution >= 0.6 is 0 Å².